The van der Waals surface area contributed by atoms with Gasteiger partial charge in [-0.05, 0) is 49.7 Å². The maximum Gasteiger partial charge on any atom is 0.336 e. The van der Waals surface area contributed by atoms with Crippen LogP contribution in [0.25, 0.3) is 0 Å². The van der Waals surface area contributed by atoms with Crippen molar-refractivity contribution in [2.45, 2.75) is 60.3 Å². The van der Waals surface area contributed by atoms with Gasteiger partial charge >= 0.3 is 11.9 Å². The number of esters is 2. The number of nitrogens with two attached hydrogens (primary N) is 1. The molecule has 2 fully saturated rings. The Balaban J connectivity index is 0.000000355. The van der Waals surface area contributed by atoms with Crippen LogP contribution in [0.3, 0.4) is 0 Å². The van der Waals surface area contributed by atoms with Gasteiger partial charge in [0.05, 0.1) is 60.9 Å². The van der Waals surface area contributed by atoms with Crippen molar-refractivity contribution in [3.63, 3.8) is 0 Å². The summed E-state index contributed by atoms with van der Waals surface area (Å²) >= 11 is 6.42. The van der Waals surface area contributed by atoms with Crippen molar-refractivity contribution in [3.05, 3.63) is 57.4 Å². The quantitative estimate of drug-likeness (QED) is 0.187. The molecule has 2 saturated carbocycles. The second kappa shape index (κ2) is 15.0. The van der Waals surface area contributed by atoms with Gasteiger partial charge in [-0.15, -0.1) is 0 Å². The lowest BCUT2D eigenvalue weighted by molar-refractivity contribution is -0.139. The number of fused-ring (bicyclic) bond motifs is 2. The van der Waals surface area contributed by atoms with Crippen molar-refractivity contribution in [2.24, 2.45) is 22.5 Å². The number of benzene rings is 1. The Kier molecular flexibility index (Phi) is 12.8. The predicted octanol–water partition coefficient (Wildman–Crippen LogP) is 4.17. The SMILES string of the molecule is C.CC1(C)[C@@H]2CC[C@@]1(CS(=O)(=O)O)C(=O)C2.CCOC(=O)C1=C(COCCN)NC(C)=C(C(=O)OC)[C@@H]1c1ccccc1Cl. The van der Waals surface area contributed by atoms with Gasteiger partial charge in [0.15, 0.2) is 0 Å². The minimum Gasteiger partial charge on any atom is -0.466 e. The molecule has 1 heterocycles. The van der Waals surface area contributed by atoms with Crippen LogP contribution in [0.1, 0.15) is 65.9 Å². The molecule has 1 aliphatic heterocycles. The van der Waals surface area contributed by atoms with E-state index >= 15 is 0 Å². The van der Waals surface area contributed by atoms with Crippen molar-refractivity contribution in [3.8, 4) is 0 Å². The highest BCUT2D eigenvalue weighted by atomic mass is 35.5. The number of carbonyl (C=O) groups is 3. The van der Waals surface area contributed by atoms with Gasteiger partial charge in [-0.3, -0.25) is 9.35 Å². The summed E-state index contributed by atoms with van der Waals surface area (Å²) in [7, 11) is -2.78. The number of hydrogen-bond donors (Lipinski definition) is 3. The summed E-state index contributed by atoms with van der Waals surface area (Å²) in [6, 6.07) is 7.05. The molecule has 0 amide bonds. The van der Waals surface area contributed by atoms with Gasteiger partial charge in [0.2, 0.25) is 0 Å². The van der Waals surface area contributed by atoms with E-state index < -0.39 is 39.1 Å². The highest BCUT2D eigenvalue weighted by molar-refractivity contribution is 7.85. The van der Waals surface area contributed by atoms with Crippen LogP contribution in [0.5, 0.6) is 0 Å². The topological polar surface area (TPSA) is 171 Å². The van der Waals surface area contributed by atoms with Crippen LogP contribution in [-0.4, -0.2) is 69.9 Å². The van der Waals surface area contributed by atoms with Crippen LogP contribution in [0.15, 0.2) is 46.8 Å². The molecule has 1 aromatic rings. The van der Waals surface area contributed by atoms with Crippen molar-refractivity contribution in [1.29, 1.82) is 0 Å². The molecule has 4 rings (SSSR count). The first kappa shape index (κ1) is 37.4. The molecule has 0 radical (unpaired) electrons. The molecule has 0 aromatic heterocycles. The first-order chi connectivity index (χ1) is 20.1. The number of methoxy groups -OCH3 is 1. The molecule has 13 heteroatoms. The Hall–Kier alpha value is -2.77. The third-order valence-corrected chi connectivity index (χ3v) is 10.0. The Morgan fingerprint density at radius 1 is 1.18 bits per heavy atom. The molecule has 2 aliphatic carbocycles. The van der Waals surface area contributed by atoms with E-state index in [-0.39, 0.29) is 43.3 Å². The number of hydrogen-bond acceptors (Lipinski definition) is 10. The van der Waals surface area contributed by atoms with E-state index in [1.54, 1.807) is 38.1 Å². The molecular weight excluding hydrogens is 612 g/mol. The summed E-state index contributed by atoms with van der Waals surface area (Å²) in [6.07, 6.45) is 1.97. The number of halogens is 1. The van der Waals surface area contributed by atoms with E-state index in [1.165, 1.54) is 7.11 Å². The number of carbonyl (C=O) groups excluding carboxylic acids is 3. The Labute approximate surface area is 265 Å². The maximum atomic E-state index is 12.9. The lowest BCUT2D eigenvalue weighted by Crippen LogP contribution is -2.42. The second-order valence-corrected chi connectivity index (χ2v) is 13.3. The maximum absolute atomic E-state index is 12.9. The van der Waals surface area contributed by atoms with Gasteiger partial charge in [0.25, 0.3) is 10.1 Å². The highest BCUT2D eigenvalue weighted by Gasteiger charge is 2.65. The van der Waals surface area contributed by atoms with E-state index in [1.807, 2.05) is 13.8 Å². The molecule has 2 bridgehead atoms. The van der Waals surface area contributed by atoms with Crippen LogP contribution < -0.4 is 11.1 Å². The molecular formula is C31H45ClN2O9S. The standard InChI is InChI=1S/C20H25ClN2O5.C10H16O4S.CH4/c1-4-28-20(25)18-15(11-27-10-9-22)23-12(2)16(19(24)26-3)17(18)13-7-5-6-8-14(13)21;1-9(2)7-3-4-10(9,8(11)5-7)6-15(12,13)14;/h5-8,17,23H,4,9-11,22H2,1-3H3;7H,3-6H2,1-2H3,(H,12,13,14);1H4/t17-;7-,10-;/m01./s1. The minimum absolute atomic E-state index is 0. The first-order valence-electron chi connectivity index (χ1n) is 14.1. The smallest absolute Gasteiger partial charge is 0.336 e. The number of rotatable bonds is 10. The number of Topliss-reactive ketones (excluding diaryl/α,β-unsaturated/α-hetero) is 1. The zero-order valence-electron chi connectivity index (χ0n) is 25.2. The molecule has 44 heavy (non-hydrogen) atoms. The molecule has 3 atom stereocenters. The summed E-state index contributed by atoms with van der Waals surface area (Å²) in [5, 5.41) is 3.52. The fraction of sp³-hybridized carbons (Fsp3) is 0.581. The average Bonchev–Trinajstić information content (AvgIpc) is 3.26. The number of ether oxygens (including phenoxy) is 3. The first-order valence-corrected chi connectivity index (χ1v) is 16.1. The normalized spacial score (nSPS) is 23.8. The molecule has 1 aromatic carbocycles. The number of nitrogens with one attached hydrogen (secondary N) is 1. The summed E-state index contributed by atoms with van der Waals surface area (Å²) in [5.74, 6) is -1.97. The van der Waals surface area contributed by atoms with Crippen LogP contribution in [-0.2, 0) is 38.7 Å². The van der Waals surface area contributed by atoms with E-state index in [4.69, 9.17) is 36.1 Å². The molecule has 3 aliphatic rings. The van der Waals surface area contributed by atoms with Crippen molar-refractivity contribution >= 4 is 39.4 Å². The van der Waals surface area contributed by atoms with E-state index in [0.717, 1.165) is 6.42 Å². The third-order valence-electron chi connectivity index (χ3n) is 8.84. The van der Waals surface area contributed by atoms with Crippen molar-refractivity contribution < 1.29 is 41.6 Å². The fourth-order valence-electron chi connectivity index (χ4n) is 6.54. The predicted molar refractivity (Wildman–Crippen MR) is 167 cm³/mol. The number of ketones is 1. The Morgan fingerprint density at radius 3 is 2.34 bits per heavy atom. The summed E-state index contributed by atoms with van der Waals surface area (Å²) in [4.78, 5) is 37.3. The molecule has 4 N–H and O–H groups in total. The van der Waals surface area contributed by atoms with Gasteiger partial charge in [-0.2, -0.15) is 8.42 Å². The van der Waals surface area contributed by atoms with Crippen LogP contribution in [0.2, 0.25) is 5.02 Å². The molecule has 0 unspecified atom stereocenters. The van der Waals surface area contributed by atoms with Gasteiger partial charge in [0.1, 0.15) is 5.78 Å². The van der Waals surface area contributed by atoms with Gasteiger partial charge < -0.3 is 25.3 Å². The molecule has 11 nitrogen and oxygen atoms in total. The third kappa shape index (κ3) is 7.54. The van der Waals surface area contributed by atoms with Gasteiger partial charge in [0, 0.05) is 23.7 Å². The second-order valence-electron chi connectivity index (χ2n) is 11.5. The summed E-state index contributed by atoms with van der Waals surface area (Å²) in [5.41, 5.74) is 6.58. The number of allylic oxidation sites excluding steroid dienone is 1. The zero-order valence-corrected chi connectivity index (χ0v) is 26.8. The highest BCUT2D eigenvalue weighted by Crippen LogP contribution is 2.64. The lowest BCUT2D eigenvalue weighted by Gasteiger charge is -2.35. The molecule has 0 spiro atoms. The van der Waals surface area contributed by atoms with Crippen molar-refractivity contribution in [2.75, 3.05) is 39.2 Å². The van der Waals surface area contributed by atoms with E-state index in [9.17, 15) is 22.8 Å². The molecule has 0 saturated heterocycles. The minimum atomic E-state index is -4.08. The fourth-order valence-corrected chi connectivity index (χ4v) is 8.08. The number of dihydropyridines is 1. The Morgan fingerprint density at radius 2 is 1.84 bits per heavy atom. The largest absolute Gasteiger partial charge is 0.466 e. The van der Waals surface area contributed by atoms with Crippen LogP contribution in [0.4, 0.5) is 0 Å². The van der Waals surface area contributed by atoms with Crippen LogP contribution in [0, 0.1) is 16.7 Å². The summed E-state index contributed by atoms with van der Waals surface area (Å²) in [6.45, 7) is 8.31. The average molecular weight is 657 g/mol. The zero-order chi connectivity index (χ0) is 32.2. The Bertz CT molecular complexity index is 1420. The van der Waals surface area contributed by atoms with Gasteiger partial charge in [-0.25, -0.2) is 9.59 Å². The lowest BCUT2D eigenvalue weighted by atomic mass is 9.70. The van der Waals surface area contributed by atoms with Crippen molar-refractivity contribution in [1.82, 2.24) is 5.32 Å². The monoisotopic (exact) mass is 656 g/mol. The van der Waals surface area contributed by atoms with E-state index in [2.05, 4.69) is 5.32 Å². The summed E-state index contributed by atoms with van der Waals surface area (Å²) < 4.78 is 46.8. The van der Waals surface area contributed by atoms with Gasteiger partial charge in [-0.1, -0.05) is 51.1 Å². The van der Waals surface area contributed by atoms with E-state index in [0.29, 0.717) is 53.5 Å². The molecule has 246 valence electrons. The van der Waals surface area contributed by atoms with Crippen LogP contribution >= 0.6 is 11.6 Å².